The molecule has 1 aliphatic heterocycles. The molecule has 1 aromatic carbocycles. The van der Waals surface area contributed by atoms with Crippen LogP contribution in [0.5, 0.6) is 0 Å². The predicted molar refractivity (Wildman–Crippen MR) is 127 cm³/mol. The molecule has 0 fully saturated rings. The molecule has 37 heavy (non-hydrogen) atoms. The zero-order chi connectivity index (χ0) is 27.0. The van der Waals surface area contributed by atoms with Crippen LogP contribution in [0, 0.1) is 0 Å². The lowest BCUT2D eigenvalue weighted by Crippen LogP contribution is -2.35. The second kappa shape index (κ2) is 10.2. The molecule has 2 aromatic heterocycles. The van der Waals surface area contributed by atoms with Gasteiger partial charge in [-0.3, -0.25) is 4.90 Å². The largest absolute Gasteiger partial charge is 0.419 e. The van der Waals surface area contributed by atoms with Crippen LogP contribution in [0.3, 0.4) is 0 Å². The molecule has 0 saturated heterocycles. The molecule has 4 rings (SSSR count). The van der Waals surface area contributed by atoms with Gasteiger partial charge in [-0.1, -0.05) is 0 Å². The summed E-state index contributed by atoms with van der Waals surface area (Å²) < 4.78 is 79.7. The van der Waals surface area contributed by atoms with Crippen molar-refractivity contribution in [2.24, 2.45) is 0 Å². The van der Waals surface area contributed by atoms with Crippen molar-refractivity contribution >= 4 is 17.3 Å². The summed E-state index contributed by atoms with van der Waals surface area (Å²) in [7, 11) is 1.90. The summed E-state index contributed by atoms with van der Waals surface area (Å²) in [5, 5.41) is 3.09. The van der Waals surface area contributed by atoms with Gasteiger partial charge in [0.25, 0.3) is 0 Å². The van der Waals surface area contributed by atoms with Crippen LogP contribution in [0.2, 0.25) is 0 Å². The van der Waals surface area contributed by atoms with E-state index in [0.29, 0.717) is 41.6 Å². The molecule has 1 aliphatic rings. The average Bonchev–Trinajstić information content (AvgIpc) is 2.83. The van der Waals surface area contributed by atoms with Gasteiger partial charge >= 0.3 is 12.4 Å². The summed E-state index contributed by atoms with van der Waals surface area (Å²) in [6.45, 7) is 4.70. The number of hydrogen-bond acceptors (Lipinski definition) is 6. The van der Waals surface area contributed by atoms with E-state index < -0.39 is 23.5 Å². The monoisotopic (exact) mass is 524 g/mol. The SMILES string of the molecule is CC(C)N(C)Cc1nc2c(c(Nc3ccc(C(F)(F)F)cc3)n1)CCN(c1ncccc1C(F)(F)F)C2. The number of aromatic nitrogens is 3. The first-order valence-corrected chi connectivity index (χ1v) is 11.6. The maximum absolute atomic E-state index is 13.6. The smallest absolute Gasteiger partial charge is 0.350 e. The molecule has 0 amide bonds. The minimum absolute atomic E-state index is 0.0814. The van der Waals surface area contributed by atoms with Gasteiger partial charge in [0.05, 0.1) is 29.9 Å². The maximum atomic E-state index is 13.6. The van der Waals surface area contributed by atoms with Crippen LogP contribution in [-0.4, -0.2) is 39.5 Å². The third-order valence-corrected chi connectivity index (χ3v) is 6.25. The number of nitrogens with zero attached hydrogens (tertiary/aromatic N) is 5. The fourth-order valence-corrected chi connectivity index (χ4v) is 3.99. The van der Waals surface area contributed by atoms with Crippen molar-refractivity contribution in [3.63, 3.8) is 0 Å². The summed E-state index contributed by atoms with van der Waals surface area (Å²) in [6.07, 6.45) is -7.37. The lowest BCUT2D eigenvalue weighted by atomic mass is 10.0. The molecule has 3 aromatic rings. The Balaban J connectivity index is 1.70. The highest BCUT2D eigenvalue weighted by molar-refractivity contribution is 5.62. The third kappa shape index (κ3) is 6.12. The van der Waals surface area contributed by atoms with E-state index in [1.54, 1.807) is 0 Å². The lowest BCUT2D eigenvalue weighted by Gasteiger charge is -2.32. The van der Waals surface area contributed by atoms with Crippen LogP contribution in [-0.2, 0) is 31.9 Å². The first kappa shape index (κ1) is 26.6. The van der Waals surface area contributed by atoms with Crippen molar-refractivity contribution in [3.8, 4) is 0 Å². The Kier molecular flexibility index (Phi) is 7.31. The molecule has 0 aliphatic carbocycles. The Morgan fingerprint density at radius 1 is 1.00 bits per heavy atom. The van der Waals surface area contributed by atoms with Gasteiger partial charge in [-0.2, -0.15) is 26.3 Å². The van der Waals surface area contributed by atoms with Crippen LogP contribution < -0.4 is 10.2 Å². The van der Waals surface area contributed by atoms with Crippen molar-refractivity contribution in [3.05, 3.63) is 70.8 Å². The molecule has 0 unspecified atom stereocenters. The number of fused-ring (bicyclic) bond motifs is 1. The summed E-state index contributed by atoms with van der Waals surface area (Å²) in [6, 6.07) is 7.02. The molecule has 1 N–H and O–H groups in total. The molecular weight excluding hydrogens is 498 g/mol. The van der Waals surface area contributed by atoms with Gasteiger partial charge in [0.15, 0.2) is 0 Å². The van der Waals surface area contributed by atoms with Crippen LogP contribution in [0.15, 0.2) is 42.6 Å². The highest BCUT2D eigenvalue weighted by atomic mass is 19.4. The van der Waals surface area contributed by atoms with E-state index in [2.05, 4.69) is 20.3 Å². The zero-order valence-electron chi connectivity index (χ0n) is 20.5. The molecule has 0 atom stereocenters. The quantitative estimate of drug-likeness (QED) is 0.396. The minimum Gasteiger partial charge on any atom is -0.350 e. The summed E-state index contributed by atoms with van der Waals surface area (Å²) in [5.74, 6) is 0.703. The number of rotatable bonds is 6. The van der Waals surface area contributed by atoms with E-state index >= 15 is 0 Å². The van der Waals surface area contributed by atoms with E-state index in [-0.39, 0.29) is 24.9 Å². The Morgan fingerprint density at radius 2 is 1.70 bits per heavy atom. The maximum Gasteiger partial charge on any atom is 0.419 e. The number of pyridine rings is 1. The number of hydrogen-bond donors (Lipinski definition) is 1. The van der Waals surface area contributed by atoms with Gasteiger partial charge in [0.1, 0.15) is 17.5 Å². The highest BCUT2D eigenvalue weighted by Crippen LogP contribution is 2.37. The molecule has 6 nitrogen and oxygen atoms in total. The van der Waals surface area contributed by atoms with Gasteiger partial charge in [-0.15, -0.1) is 0 Å². The zero-order valence-corrected chi connectivity index (χ0v) is 20.5. The van der Waals surface area contributed by atoms with Gasteiger partial charge in [0, 0.05) is 30.0 Å². The Hall–Kier alpha value is -3.41. The van der Waals surface area contributed by atoms with Crippen LogP contribution in [0.1, 0.15) is 42.1 Å². The number of halogens is 6. The third-order valence-electron chi connectivity index (χ3n) is 6.25. The van der Waals surface area contributed by atoms with Crippen LogP contribution in [0.4, 0.5) is 43.7 Å². The topological polar surface area (TPSA) is 57.2 Å². The van der Waals surface area contributed by atoms with Crippen molar-refractivity contribution in [1.82, 2.24) is 19.9 Å². The molecule has 0 spiro atoms. The van der Waals surface area contributed by atoms with Crippen molar-refractivity contribution < 1.29 is 26.3 Å². The van der Waals surface area contributed by atoms with Crippen LogP contribution >= 0.6 is 0 Å². The molecular formula is C25H26F6N6. The van der Waals surface area contributed by atoms with E-state index in [9.17, 15) is 26.3 Å². The van der Waals surface area contributed by atoms with E-state index in [0.717, 1.165) is 18.2 Å². The summed E-state index contributed by atoms with van der Waals surface area (Å²) >= 11 is 0. The Labute approximate surface area is 210 Å². The fraction of sp³-hybridized carbons (Fsp3) is 0.400. The first-order valence-electron chi connectivity index (χ1n) is 11.6. The van der Waals surface area contributed by atoms with Crippen molar-refractivity contribution in [1.29, 1.82) is 0 Å². The summed E-state index contributed by atoms with van der Waals surface area (Å²) in [4.78, 5) is 16.8. The van der Waals surface area contributed by atoms with Gasteiger partial charge in [-0.05, 0) is 63.7 Å². The van der Waals surface area contributed by atoms with Crippen molar-refractivity contribution in [2.45, 2.75) is 51.8 Å². The molecule has 12 heteroatoms. The molecule has 0 saturated carbocycles. The molecule has 198 valence electrons. The van der Waals surface area contributed by atoms with Crippen LogP contribution in [0.25, 0.3) is 0 Å². The first-order chi connectivity index (χ1) is 17.3. The molecule has 0 bridgehead atoms. The lowest BCUT2D eigenvalue weighted by molar-refractivity contribution is -0.138. The van der Waals surface area contributed by atoms with Crippen molar-refractivity contribution in [2.75, 3.05) is 23.8 Å². The van der Waals surface area contributed by atoms with Gasteiger partial charge < -0.3 is 10.2 Å². The summed E-state index contributed by atoms with van der Waals surface area (Å²) in [5.41, 5.74) is 0.0608. The standard InChI is InChI=1S/C25H26F6N6/c1-15(2)36(3)14-21-34-20-13-37(23-19(25(29,30)31)5-4-11-32-23)12-10-18(20)22(35-21)33-17-8-6-16(7-9-17)24(26,27)28/h4-9,11,15H,10,12-14H2,1-3H3,(H,33,34,35). The van der Waals surface area contributed by atoms with E-state index in [4.69, 9.17) is 0 Å². The Bertz CT molecular complexity index is 1240. The molecule has 0 radical (unpaired) electrons. The fourth-order valence-electron chi connectivity index (χ4n) is 3.99. The van der Waals surface area contributed by atoms with E-state index in [1.165, 1.54) is 29.3 Å². The number of nitrogens with one attached hydrogen (secondary N) is 1. The van der Waals surface area contributed by atoms with E-state index in [1.807, 2.05) is 25.8 Å². The number of anilines is 3. The normalized spacial score (nSPS) is 14.3. The molecule has 3 heterocycles. The van der Waals surface area contributed by atoms with Gasteiger partial charge in [-0.25, -0.2) is 15.0 Å². The minimum atomic E-state index is -4.56. The average molecular weight is 525 g/mol. The second-order valence-electron chi connectivity index (χ2n) is 9.17. The highest BCUT2D eigenvalue weighted by Gasteiger charge is 2.37. The second-order valence-corrected chi connectivity index (χ2v) is 9.17. The predicted octanol–water partition coefficient (Wildman–Crippen LogP) is 6.06. The Morgan fingerprint density at radius 3 is 2.32 bits per heavy atom. The number of alkyl halides is 6. The number of benzene rings is 1. The van der Waals surface area contributed by atoms with Gasteiger partial charge in [0.2, 0.25) is 0 Å².